The number of hydrogen-bond donors (Lipinski definition) is 2. The van der Waals surface area contributed by atoms with Gasteiger partial charge in [0.2, 0.25) is 0 Å². The molecule has 2 N–H and O–H groups in total. The highest BCUT2D eigenvalue weighted by Gasteiger charge is 2.10. The molecule has 2 heterocycles. The lowest BCUT2D eigenvalue weighted by molar-refractivity contribution is 0.409. The maximum Gasteiger partial charge on any atom is 0.324 e. The number of hydrogen-bond acceptors (Lipinski definition) is 4. The summed E-state index contributed by atoms with van der Waals surface area (Å²) in [5.41, 5.74) is -0.132. The number of nitrogens with one attached hydrogen (secondary N) is 2. The molecule has 0 atom stereocenters. The van der Waals surface area contributed by atoms with Gasteiger partial charge >= 0.3 is 6.01 Å². The minimum absolute atomic E-state index is 0.159. The van der Waals surface area contributed by atoms with Crippen LogP contribution in [0.25, 0.3) is 11.0 Å². The van der Waals surface area contributed by atoms with E-state index in [-0.39, 0.29) is 28.4 Å². The SMILES string of the molecule is O=c1[nH][nH]c2nc(Oc3ccc(F)cc3F)ncc12. The van der Waals surface area contributed by atoms with Crippen LogP contribution in [0.3, 0.4) is 0 Å². The van der Waals surface area contributed by atoms with Crippen LogP contribution in [-0.2, 0) is 0 Å². The van der Waals surface area contributed by atoms with E-state index in [1.807, 2.05) is 0 Å². The molecule has 0 aliphatic rings. The first-order valence-corrected chi connectivity index (χ1v) is 5.20. The van der Waals surface area contributed by atoms with Crippen molar-refractivity contribution in [2.45, 2.75) is 0 Å². The van der Waals surface area contributed by atoms with Crippen LogP contribution in [0.4, 0.5) is 8.78 Å². The maximum atomic E-state index is 13.4. The standard InChI is InChI=1S/C11H6F2N4O2/c12-5-1-2-8(7(13)3-5)19-11-14-4-6-9(15-11)16-17-10(6)18/h1-4H,(H2,14,15,16,17,18). The van der Waals surface area contributed by atoms with Crippen molar-refractivity contribution in [3.05, 3.63) is 46.4 Å². The van der Waals surface area contributed by atoms with E-state index in [1.54, 1.807) is 0 Å². The van der Waals surface area contributed by atoms with E-state index in [4.69, 9.17) is 4.74 Å². The van der Waals surface area contributed by atoms with Gasteiger partial charge in [0.25, 0.3) is 5.56 Å². The monoisotopic (exact) mass is 264 g/mol. The smallest absolute Gasteiger partial charge is 0.324 e. The Morgan fingerprint density at radius 1 is 1.21 bits per heavy atom. The van der Waals surface area contributed by atoms with E-state index >= 15 is 0 Å². The molecule has 6 nitrogen and oxygen atoms in total. The van der Waals surface area contributed by atoms with Gasteiger partial charge in [0.1, 0.15) is 11.2 Å². The van der Waals surface area contributed by atoms with Gasteiger partial charge in [-0.3, -0.25) is 15.0 Å². The lowest BCUT2D eigenvalue weighted by Crippen LogP contribution is -1.99. The molecule has 0 unspecified atom stereocenters. The van der Waals surface area contributed by atoms with Gasteiger partial charge in [0.15, 0.2) is 17.2 Å². The van der Waals surface area contributed by atoms with Crippen molar-refractivity contribution in [3.8, 4) is 11.8 Å². The third-order valence-corrected chi connectivity index (χ3v) is 2.40. The Hall–Kier alpha value is -2.77. The van der Waals surface area contributed by atoms with Gasteiger partial charge in [-0.2, -0.15) is 4.98 Å². The van der Waals surface area contributed by atoms with Crippen LogP contribution in [0, 0.1) is 11.6 Å². The Morgan fingerprint density at radius 3 is 2.84 bits per heavy atom. The molecule has 96 valence electrons. The Balaban J connectivity index is 1.98. The molecule has 19 heavy (non-hydrogen) atoms. The minimum Gasteiger partial charge on any atom is -0.421 e. The molecule has 3 aromatic rings. The van der Waals surface area contributed by atoms with Crippen molar-refractivity contribution in [2.75, 3.05) is 0 Å². The maximum absolute atomic E-state index is 13.4. The number of H-pyrrole nitrogens is 2. The van der Waals surface area contributed by atoms with E-state index in [9.17, 15) is 13.6 Å². The number of rotatable bonds is 2. The second-order valence-electron chi connectivity index (χ2n) is 3.67. The summed E-state index contributed by atoms with van der Waals surface area (Å²) in [4.78, 5) is 18.9. The van der Waals surface area contributed by atoms with Crippen molar-refractivity contribution in [3.63, 3.8) is 0 Å². The van der Waals surface area contributed by atoms with E-state index in [0.717, 1.165) is 12.1 Å². The first-order valence-electron chi connectivity index (χ1n) is 5.20. The number of ether oxygens (including phenoxy) is 1. The van der Waals surface area contributed by atoms with Gasteiger partial charge in [-0.05, 0) is 12.1 Å². The van der Waals surface area contributed by atoms with Gasteiger partial charge in [0, 0.05) is 12.3 Å². The van der Waals surface area contributed by atoms with Crippen LogP contribution < -0.4 is 10.3 Å². The van der Waals surface area contributed by atoms with E-state index in [2.05, 4.69) is 20.2 Å². The third kappa shape index (κ3) is 2.03. The van der Waals surface area contributed by atoms with Crippen molar-refractivity contribution in [2.24, 2.45) is 0 Å². The number of benzene rings is 1. The number of aromatic amines is 2. The Kier molecular flexibility index (Phi) is 2.48. The summed E-state index contributed by atoms with van der Waals surface area (Å²) in [5, 5.41) is 5.10. The fourth-order valence-corrected chi connectivity index (χ4v) is 1.52. The normalized spacial score (nSPS) is 10.8. The zero-order valence-electron chi connectivity index (χ0n) is 9.28. The topological polar surface area (TPSA) is 83.7 Å². The second kappa shape index (κ2) is 4.16. The quantitative estimate of drug-likeness (QED) is 0.738. The summed E-state index contributed by atoms with van der Waals surface area (Å²) in [6.07, 6.45) is 1.24. The van der Waals surface area contributed by atoms with Gasteiger partial charge < -0.3 is 4.74 Å². The highest BCUT2D eigenvalue weighted by molar-refractivity contribution is 5.72. The van der Waals surface area contributed by atoms with Crippen molar-refractivity contribution < 1.29 is 13.5 Å². The summed E-state index contributed by atoms with van der Waals surface area (Å²) in [6.45, 7) is 0. The third-order valence-electron chi connectivity index (χ3n) is 2.40. The second-order valence-corrected chi connectivity index (χ2v) is 3.67. The molecule has 3 rings (SSSR count). The lowest BCUT2D eigenvalue weighted by atomic mass is 10.3. The molecule has 8 heteroatoms. The summed E-state index contributed by atoms with van der Waals surface area (Å²) < 4.78 is 31.2. The number of nitrogens with zero attached hydrogens (tertiary/aromatic N) is 2. The minimum atomic E-state index is -0.869. The predicted octanol–water partition coefficient (Wildman–Crippen LogP) is 1.72. The fraction of sp³-hybridized carbons (Fsp3) is 0. The highest BCUT2D eigenvalue weighted by atomic mass is 19.1. The summed E-state index contributed by atoms with van der Waals surface area (Å²) in [7, 11) is 0. The summed E-state index contributed by atoms with van der Waals surface area (Å²) >= 11 is 0. The Labute approximate surface area is 104 Å². The molecule has 0 aliphatic carbocycles. The van der Waals surface area contributed by atoms with Crippen LogP contribution in [0.15, 0.2) is 29.2 Å². The molecule has 1 aromatic carbocycles. The molecule has 2 aromatic heterocycles. The van der Waals surface area contributed by atoms with Crippen LogP contribution in [0.1, 0.15) is 0 Å². The average molecular weight is 264 g/mol. The number of fused-ring (bicyclic) bond motifs is 1. The highest BCUT2D eigenvalue weighted by Crippen LogP contribution is 2.22. The molecular weight excluding hydrogens is 258 g/mol. The zero-order chi connectivity index (χ0) is 13.4. The van der Waals surface area contributed by atoms with Crippen molar-refractivity contribution >= 4 is 11.0 Å². The molecule has 0 radical (unpaired) electrons. The van der Waals surface area contributed by atoms with Gasteiger partial charge in [0.05, 0.1) is 0 Å². The van der Waals surface area contributed by atoms with E-state index < -0.39 is 11.6 Å². The van der Waals surface area contributed by atoms with Gasteiger partial charge in [-0.25, -0.2) is 13.8 Å². The van der Waals surface area contributed by atoms with Crippen LogP contribution in [0.5, 0.6) is 11.8 Å². The molecule has 0 bridgehead atoms. The summed E-state index contributed by atoms with van der Waals surface area (Å²) in [6, 6.07) is 2.70. The molecule has 0 amide bonds. The van der Waals surface area contributed by atoms with Gasteiger partial charge in [-0.1, -0.05) is 0 Å². The number of aromatic nitrogens is 4. The van der Waals surface area contributed by atoms with E-state index in [1.165, 1.54) is 6.20 Å². The predicted molar refractivity (Wildman–Crippen MR) is 60.9 cm³/mol. The average Bonchev–Trinajstić information content (AvgIpc) is 2.74. The van der Waals surface area contributed by atoms with Crippen LogP contribution in [0.2, 0.25) is 0 Å². The molecule has 0 saturated heterocycles. The molecule has 0 aliphatic heterocycles. The van der Waals surface area contributed by atoms with Crippen LogP contribution in [-0.4, -0.2) is 20.2 Å². The van der Waals surface area contributed by atoms with Crippen molar-refractivity contribution in [1.29, 1.82) is 0 Å². The van der Waals surface area contributed by atoms with Crippen molar-refractivity contribution in [1.82, 2.24) is 20.2 Å². The first-order chi connectivity index (χ1) is 9.13. The zero-order valence-corrected chi connectivity index (χ0v) is 9.28. The first kappa shape index (κ1) is 11.3. The Morgan fingerprint density at radius 2 is 2.05 bits per heavy atom. The molecular formula is C11H6F2N4O2. The summed E-state index contributed by atoms with van der Waals surface area (Å²) in [5.74, 6) is -1.79. The van der Waals surface area contributed by atoms with Crippen LogP contribution >= 0.6 is 0 Å². The number of halogens is 2. The van der Waals surface area contributed by atoms with E-state index in [0.29, 0.717) is 6.07 Å². The largest absolute Gasteiger partial charge is 0.421 e. The molecule has 0 spiro atoms. The lowest BCUT2D eigenvalue weighted by Gasteiger charge is -2.04. The van der Waals surface area contributed by atoms with Gasteiger partial charge in [-0.15, -0.1) is 0 Å². The fourth-order valence-electron chi connectivity index (χ4n) is 1.52. The Bertz CT molecular complexity index is 812. The molecule has 0 fully saturated rings. The molecule has 0 saturated carbocycles.